The van der Waals surface area contributed by atoms with E-state index in [1.807, 2.05) is 47.2 Å². The SMILES string of the molecule is N#Cc1cc(Oc2ccc(-n3cc(C[C@H]4COC(=O)N4)c4ccccc43)cc2)ccc1C(F)(F)F. The zero-order chi connectivity index (χ0) is 24.6. The number of hydrogen-bond acceptors (Lipinski definition) is 4. The Morgan fingerprint density at radius 1 is 1.09 bits per heavy atom. The van der Waals surface area contributed by atoms with Crippen molar-refractivity contribution >= 4 is 17.0 Å². The van der Waals surface area contributed by atoms with Crippen molar-refractivity contribution < 1.29 is 27.4 Å². The molecule has 1 aliphatic rings. The van der Waals surface area contributed by atoms with Crippen LogP contribution < -0.4 is 10.1 Å². The Morgan fingerprint density at radius 2 is 1.83 bits per heavy atom. The molecule has 0 bridgehead atoms. The number of alkyl halides is 3. The number of nitrogens with zero attached hydrogens (tertiary/aromatic N) is 2. The number of ether oxygens (including phenoxy) is 2. The van der Waals surface area contributed by atoms with Crippen molar-refractivity contribution in [3.05, 3.63) is 89.6 Å². The van der Waals surface area contributed by atoms with E-state index < -0.39 is 23.4 Å². The lowest BCUT2D eigenvalue weighted by atomic mass is 10.1. The normalized spacial score (nSPS) is 15.5. The van der Waals surface area contributed by atoms with E-state index in [9.17, 15) is 18.0 Å². The molecule has 1 aliphatic heterocycles. The molecule has 1 saturated heterocycles. The summed E-state index contributed by atoms with van der Waals surface area (Å²) in [6.45, 7) is 0.321. The zero-order valence-electron chi connectivity index (χ0n) is 18.2. The molecule has 3 aromatic carbocycles. The lowest BCUT2D eigenvalue weighted by Crippen LogP contribution is -2.28. The first-order chi connectivity index (χ1) is 16.8. The molecule has 0 radical (unpaired) electrons. The van der Waals surface area contributed by atoms with Crippen LogP contribution in [0.4, 0.5) is 18.0 Å². The van der Waals surface area contributed by atoms with Crippen LogP contribution in [0.3, 0.4) is 0 Å². The van der Waals surface area contributed by atoms with E-state index in [4.69, 9.17) is 14.7 Å². The third kappa shape index (κ3) is 4.51. The summed E-state index contributed by atoms with van der Waals surface area (Å²) < 4.78 is 51.8. The van der Waals surface area contributed by atoms with E-state index in [1.54, 1.807) is 18.2 Å². The number of aromatic nitrogens is 1. The Bertz CT molecular complexity index is 1450. The molecule has 1 N–H and O–H groups in total. The number of cyclic esters (lactones) is 1. The first kappa shape index (κ1) is 22.3. The van der Waals surface area contributed by atoms with Gasteiger partial charge in [0.2, 0.25) is 0 Å². The number of nitriles is 1. The van der Waals surface area contributed by atoms with E-state index in [1.165, 1.54) is 6.07 Å². The summed E-state index contributed by atoms with van der Waals surface area (Å²) in [5, 5.41) is 12.9. The van der Waals surface area contributed by atoms with Gasteiger partial charge in [-0.1, -0.05) is 18.2 Å². The van der Waals surface area contributed by atoms with E-state index in [0.717, 1.165) is 34.3 Å². The van der Waals surface area contributed by atoms with Gasteiger partial charge in [-0.2, -0.15) is 18.4 Å². The van der Waals surface area contributed by atoms with Crippen LogP contribution in [0, 0.1) is 11.3 Å². The second-order valence-corrected chi connectivity index (χ2v) is 8.10. The van der Waals surface area contributed by atoms with Gasteiger partial charge in [-0.15, -0.1) is 0 Å². The quantitative estimate of drug-likeness (QED) is 0.385. The maximum Gasteiger partial charge on any atom is 0.417 e. The number of para-hydroxylation sites is 1. The fourth-order valence-corrected chi connectivity index (χ4v) is 4.17. The summed E-state index contributed by atoms with van der Waals surface area (Å²) in [4.78, 5) is 11.4. The standard InChI is InChI=1S/C26H18F3N3O3/c27-26(28,29)23-10-9-21(12-16(23)13-30)35-20-7-5-19(6-8-20)32-14-17(11-18-15-34-25(33)31-18)22-3-1-2-4-24(22)32/h1-10,12,14,18H,11,15H2,(H,31,33)/t18-/m0/s1. The lowest BCUT2D eigenvalue weighted by molar-refractivity contribution is -0.137. The van der Waals surface area contributed by atoms with Crippen LogP contribution >= 0.6 is 0 Å². The Labute approximate surface area is 198 Å². The second kappa shape index (κ2) is 8.72. The van der Waals surface area contributed by atoms with Gasteiger partial charge >= 0.3 is 12.3 Å². The van der Waals surface area contributed by atoms with E-state index in [0.29, 0.717) is 18.8 Å². The highest BCUT2D eigenvalue weighted by Crippen LogP contribution is 2.35. The molecule has 0 spiro atoms. The average Bonchev–Trinajstić information content (AvgIpc) is 3.42. The van der Waals surface area contributed by atoms with Crippen LogP contribution in [-0.2, 0) is 17.3 Å². The minimum Gasteiger partial charge on any atom is -0.457 e. The summed E-state index contributed by atoms with van der Waals surface area (Å²) in [5.41, 5.74) is 1.41. The van der Waals surface area contributed by atoms with Gasteiger partial charge < -0.3 is 19.4 Å². The highest BCUT2D eigenvalue weighted by atomic mass is 19.4. The number of alkyl carbamates (subject to hydrolysis) is 1. The van der Waals surface area contributed by atoms with Crippen molar-refractivity contribution in [2.75, 3.05) is 6.61 Å². The number of halogens is 3. The predicted molar refractivity (Wildman–Crippen MR) is 121 cm³/mol. The number of benzene rings is 3. The van der Waals surface area contributed by atoms with Gasteiger partial charge in [-0.25, -0.2) is 4.79 Å². The van der Waals surface area contributed by atoms with Gasteiger partial charge in [0.05, 0.1) is 28.8 Å². The largest absolute Gasteiger partial charge is 0.457 e. The monoisotopic (exact) mass is 477 g/mol. The van der Waals surface area contributed by atoms with Crippen LogP contribution in [0.1, 0.15) is 16.7 Å². The molecule has 0 saturated carbocycles. The molecule has 1 atom stereocenters. The molecule has 0 unspecified atom stereocenters. The Kier molecular flexibility index (Phi) is 5.57. The molecule has 35 heavy (non-hydrogen) atoms. The van der Waals surface area contributed by atoms with Gasteiger partial charge in [0.15, 0.2) is 0 Å². The van der Waals surface area contributed by atoms with E-state index >= 15 is 0 Å². The van der Waals surface area contributed by atoms with Gasteiger partial charge in [0.1, 0.15) is 18.1 Å². The number of hydrogen-bond donors (Lipinski definition) is 1. The first-order valence-electron chi connectivity index (χ1n) is 10.7. The highest BCUT2D eigenvalue weighted by Gasteiger charge is 2.33. The minimum absolute atomic E-state index is 0.0976. The van der Waals surface area contributed by atoms with E-state index in [2.05, 4.69) is 5.32 Å². The maximum absolute atomic E-state index is 13.0. The first-order valence-corrected chi connectivity index (χ1v) is 10.7. The molecule has 1 amide bonds. The topological polar surface area (TPSA) is 76.3 Å². The number of nitrogens with one attached hydrogen (secondary N) is 1. The third-order valence-corrected chi connectivity index (χ3v) is 5.77. The number of carbonyl (C=O) groups excluding carboxylic acids is 1. The molecular weight excluding hydrogens is 459 g/mol. The summed E-state index contributed by atoms with van der Waals surface area (Å²) in [5.74, 6) is 0.553. The van der Waals surface area contributed by atoms with Crippen molar-refractivity contribution in [1.29, 1.82) is 5.26 Å². The van der Waals surface area contributed by atoms with Crippen LogP contribution in [0.2, 0.25) is 0 Å². The fraction of sp³-hybridized carbons (Fsp3) is 0.154. The Hall–Kier alpha value is -4.45. The van der Waals surface area contributed by atoms with E-state index in [-0.39, 0.29) is 11.8 Å². The maximum atomic E-state index is 13.0. The van der Waals surface area contributed by atoms with Crippen LogP contribution in [0.25, 0.3) is 16.6 Å². The molecule has 4 aromatic rings. The van der Waals surface area contributed by atoms with Crippen LogP contribution in [0.5, 0.6) is 11.5 Å². The number of fused-ring (bicyclic) bond motifs is 1. The van der Waals surface area contributed by atoms with Crippen molar-refractivity contribution in [3.63, 3.8) is 0 Å². The number of amides is 1. The molecule has 6 nitrogen and oxygen atoms in total. The lowest BCUT2D eigenvalue weighted by Gasteiger charge is -2.12. The highest BCUT2D eigenvalue weighted by molar-refractivity contribution is 5.86. The predicted octanol–water partition coefficient (Wildman–Crippen LogP) is 5.96. The summed E-state index contributed by atoms with van der Waals surface area (Å²) in [6.07, 6.45) is -2.39. The van der Waals surface area contributed by atoms with Crippen molar-refractivity contribution in [2.24, 2.45) is 0 Å². The summed E-state index contributed by atoms with van der Waals surface area (Å²) >= 11 is 0. The van der Waals surface area contributed by atoms with Crippen LogP contribution in [-0.4, -0.2) is 23.3 Å². The average molecular weight is 477 g/mol. The molecule has 1 aromatic heterocycles. The van der Waals surface area contributed by atoms with Crippen molar-refractivity contribution in [1.82, 2.24) is 9.88 Å². The molecule has 5 rings (SSSR count). The molecular formula is C26H18F3N3O3. The smallest absolute Gasteiger partial charge is 0.417 e. The minimum atomic E-state index is -4.61. The van der Waals surface area contributed by atoms with Crippen molar-refractivity contribution in [2.45, 2.75) is 18.6 Å². The zero-order valence-corrected chi connectivity index (χ0v) is 18.2. The fourth-order valence-electron chi connectivity index (χ4n) is 4.17. The van der Waals surface area contributed by atoms with Gasteiger partial charge in [-0.3, -0.25) is 0 Å². The Balaban J connectivity index is 1.40. The number of carbonyl (C=O) groups is 1. The molecule has 176 valence electrons. The molecule has 2 heterocycles. The Morgan fingerprint density at radius 3 is 2.51 bits per heavy atom. The summed E-state index contributed by atoms with van der Waals surface area (Å²) in [7, 11) is 0. The van der Waals surface area contributed by atoms with Gasteiger partial charge in [-0.05, 0) is 60.5 Å². The van der Waals surface area contributed by atoms with Gasteiger partial charge in [0, 0.05) is 17.3 Å². The summed E-state index contributed by atoms with van der Waals surface area (Å²) in [6, 6.07) is 19.6. The van der Waals surface area contributed by atoms with Crippen molar-refractivity contribution in [3.8, 4) is 23.3 Å². The third-order valence-electron chi connectivity index (χ3n) is 5.77. The van der Waals surface area contributed by atoms with Gasteiger partial charge in [0.25, 0.3) is 0 Å². The number of rotatable bonds is 5. The second-order valence-electron chi connectivity index (χ2n) is 8.10. The van der Waals surface area contributed by atoms with Crippen LogP contribution in [0.15, 0.2) is 72.9 Å². The molecule has 1 fully saturated rings. The molecule has 0 aliphatic carbocycles. The molecule has 9 heteroatoms.